The van der Waals surface area contributed by atoms with E-state index in [1.54, 1.807) is 12.1 Å². The lowest BCUT2D eigenvalue weighted by Crippen LogP contribution is -2.40. The third kappa shape index (κ3) is 4.15. The fourth-order valence-electron chi connectivity index (χ4n) is 2.90. The Morgan fingerprint density at radius 3 is 2.76 bits per heavy atom. The Hall–Kier alpha value is -2.78. The van der Waals surface area contributed by atoms with Gasteiger partial charge in [-0.3, -0.25) is 4.79 Å². The minimum atomic E-state index is -1.66. The third-order valence-corrected chi connectivity index (χ3v) is 5.02. The van der Waals surface area contributed by atoms with Crippen LogP contribution in [0.5, 0.6) is 0 Å². The summed E-state index contributed by atoms with van der Waals surface area (Å²) in [5.74, 6) is 0.129. The highest BCUT2D eigenvalue weighted by Gasteiger charge is 2.52. The van der Waals surface area contributed by atoms with Crippen molar-refractivity contribution in [1.29, 1.82) is 5.26 Å². The van der Waals surface area contributed by atoms with Crippen molar-refractivity contribution in [1.82, 2.24) is 14.6 Å². The van der Waals surface area contributed by atoms with Crippen molar-refractivity contribution in [2.45, 2.75) is 44.1 Å². The molecule has 3 heterocycles. The molecule has 0 unspecified atom stereocenters. The highest BCUT2D eigenvalue weighted by Crippen LogP contribution is 2.37. The number of nitrogens with two attached hydrogens (primary N) is 2. The van der Waals surface area contributed by atoms with Crippen molar-refractivity contribution in [2.75, 3.05) is 19.5 Å². The van der Waals surface area contributed by atoms with E-state index in [9.17, 15) is 20.3 Å². The number of carbonyl (C=O) groups excluding carboxylic acids is 1. The molecule has 0 radical (unpaired) electrons. The van der Waals surface area contributed by atoms with Crippen molar-refractivity contribution in [3.63, 3.8) is 0 Å². The molecule has 2 aromatic rings. The Kier molecular flexibility index (Phi) is 7.10. The third-order valence-electron chi connectivity index (χ3n) is 5.02. The molecule has 0 aromatic carbocycles. The van der Waals surface area contributed by atoms with Crippen LogP contribution in [0.15, 0.2) is 18.5 Å². The first kappa shape index (κ1) is 22.5. The Morgan fingerprint density at radius 1 is 1.55 bits per heavy atom. The molecule has 158 valence electrons. The first-order valence-corrected chi connectivity index (χ1v) is 9.06. The van der Waals surface area contributed by atoms with Gasteiger partial charge in [0.1, 0.15) is 36.2 Å². The van der Waals surface area contributed by atoms with Gasteiger partial charge in [0.15, 0.2) is 5.82 Å². The number of hydrogen-bond acceptors (Lipinski definition) is 10. The number of aliphatic hydroxyl groups is 2. The van der Waals surface area contributed by atoms with Gasteiger partial charge in [0.2, 0.25) is 5.60 Å². The zero-order valence-electron chi connectivity index (χ0n) is 16.5. The van der Waals surface area contributed by atoms with Gasteiger partial charge in [0.05, 0.1) is 19.4 Å². The SMILES string of the molecule is CC[C@@H](C)[C@@H](N)C(=O)OC.N#C[C@@]1(c2ccc3c(N)ncnn23)OC[C@H](O)[C@H]1O. The molecule has 11 heteroatoms. The number of nitriles is 1. The lowest BCUT2D eigenvalue weighted by atomic mass is 9.93. The van der Waals surface area contributed by atoms with Gasteiger partial charge in [-0.1, -0.05) is 20.3 Å². The summed E-state index contributed by atoms with van der Waals surface area (Å²) in [6.45, 7) is 3.80. The lowest BCUT2D eigenvalue weighted by molar-refractivity contribution is -0.143. The smallest absolute Gasteiger partial charge is 0.322 e. The van der Waals surface area contributed by atoms with Crippen LogP contribution in [-0.4, -0.2) is 62.7 Å². The second-order valence-corrected chi connectivity index (χ2v) is 6.77. The Labute approximate surface area is 167 Å². The number of nitrogen functional groups attached to an aromatic ring is 1. The predicted octanol–water partition coefficient (Wildman–Crippen LogP) is -0.685. The van der Waals surface area contributed by atoms with Gasteiger partial charge in [-0.2, -0.15) is 10.4 Å². The minimum absolute atomic E-state index is 0.122. The minimum Gasteiger partial charge on any atom is -0.468 e. The number of hydrogen-bond donors (Lipinski definition) is 4. The maximum Gasteiger partial charge on any atom is 0.322 e. The molecule has 0 amide bonds. The number of ether oxygens (including phenoxy) is 2. The highest BCUT2D eigenvalue weighted by atomic mass is 16.5. The topological polar surface area (TPSA) is 182 Å². The number of carbonyl (C=O) groups is 1. The van der Waals surface area contributed by atoms with Gasteiger partial charge >= 0.3 is 5.97 Å². The van der Waals surface area contributed by atoms with Crippen LogP contribution in [0.25, 0.3) is 5.52 Å². The molecule has 1 saturated heterocycles. The summed E-state index contributed by atoms with van der Waals surface area (Å²) in [5.41, 5.74) is 10.4. The van der Waals surface area contributed by atoms with E-state index in [4.69, 9.17) is 16.2 Å². The molecule has 0 saturated carbocycles. The van der Waals surface area contributed by atoms with E-state index < -0.39 is 23.9 Å². The fraction of sp³-hybridized carbons (Fsp3) is 0.556. The van der Waals surface area contributed by atoms with Crippen LogP contribution in [0.3, 0.4) is 0 Å². The molecule has 2 aromatic heterocycles. The van der Waals surface area contributed by atoms with Crippen LogP contribution < -0.4 is 11.5 Å². The van der Waals surface area contributed by atoms with E-state index in [-0.39, 0.29) is 24.3 Å². The number of nitrogens with zero attached hydrogens (tertiary/aromatic N) is 4. The second-order valence-electron chi connectivity index (χ2n) is 6.77. The number of methoxy groups -OCH3 is 1. The van der Waals surface area contributed by atoms with Crippen LogP contribution in [0.2, 0.25) is 0 Å². The summed E-state index contributed by atoms with van der Waals surface area (Å²) < 4.78 is 11.2. The quantitative estimate of drug-likeness (QED) is 0.474. The predicted molar refractivity (Wildman–Crippen MR) is 102 cm³/mol. The number of rotatable bonds is 4. The number of fused-ring (bicyclic) bond motifs is 1. The second kappa shape index (κ2) is 9.15. The summed E-state index contributed by atoms with van der Waals surface area (Å²) in [6.07, 6.45) is -0.332. The number of aromatic nitrogens is 3. The van der Waals surface area contributed by atoms with E-state index in [1.807, 2.05) is 19.9 Å². The summed E-state index contributed by atoms with van der Waals surface area (Å²) >= 11 is 0. The molecule has 5 atom stereocenters. The van der Waals surface area contributed by atoms with Gasteiger partial charge in [0.25, 0.3) is 0 Å². The van der Waals surface area contributed by atoms with Crippen molar-refractivity contribution >= 4 is 17.3 Å². The number of aliphatic hydroxyl groups excluding tert-OH is 2. The fourth-order valence-corrected chi connectivity index (χ4v) is 2.90. The summed E-state index contributed by atoms with van der Waals surface area (Å²) in [6, 6.07) is 4.66. The van der Waals surface area contributed by atoms with Crippen LogP contribution in [0.4, 0.5) is 5.82 Å². The van der Waals surface area contributed by atoms with Gasteiger partial charge in [-0.15, -0.1) is 0 Å². The molecule has 1 aliphatic rings. The molecule has 6 N–H and O–H groups in total. The van der Waals surface area contributed by atoms with Gasteiger partial charge in [0, 0.05) is 0 Å². The van der Waals surface area contributed by atoms with E-state index >= 15 is 0 Å². The Morgan fingerprint density at radius 2 is 2.24 bits per heavy atom. The van der Waals surface area contributed by atoms with E-state index in [0.717, 1.165) is 6.42 Å². The molecule has 0 spiro atoms. The van der Waals surface area contributed by atoms with Crippen LogP contribution >= 0.6 is 0 Å². The van der Waals surface area contributed by atoms with Crippen molar-refractivity contribution in [2.24, 2.45) is 11.7 Å². The number of esters is 1. The summed E-state index contributed by atoms with van der Waals surface area (Å²) in [4.78, 5) is 14.6. The zero-order valence-corrected chi connectivity index (χ0v) is 16.5. The Balaban J connectivity index is 0.000000257. The van der Waals surface area contributed by atoms with Gasteiger partial charge in [-0.05, 0) is 18.1 Å². The van der Waals surface area contributed by atoms with Crippen molar-refractivity contribution in [3.8, 4) is 6.07 Å². The molecule has 3 rings (SSSR count). The van der Waals surface area contributed by atoms with Gasteiger partial charge < -0.3 is 31.2 Å². The maximum absolute atomic E-state index is 10.8. The first-order valence-electron chi connectivity index (χ1n) is 9.06. The monoisotopic (exact) mass is 406 g/mol. The van der Waals surface area contributed by atoms with Gasteiger partial charge in [-0.25, -0.2) is 9.50 Å². The maximum atomic E-state index is 10.8. The average Bonchev–Trinajstić information content (AvgIpc) is 3.30. The highest BCUT2D eigenvalue weighted by molar-refractivity contribution is 5.75. The lowest BCUT2D eigenvalue weighted by Gasteiger charge is -2.23. The van der Waals surface area contributed by atoms with E-state index in [1.165, 1.54) is 18.0 Å². The standard InChI is InChI=1S/C11H11N5O3.C7H15NO2/c12-4-11(9(18)7(17)3-19-11)8-2-1-6-10(13)14-5-15-16(6)8;1-4-5(2)6(8)7(9)10-3/h1-2,5,7,9,17-18H,3H2,(H2,13,14,15);5-6H,4,8H2,1-3H3/t7-,9+,11-;5-,6-/m01/s1. The molecule has 0 bridgehead atoms. The molecule has 1 aliphatic heterocycles. The van der Waals surface area contributed by atoms with E-state index in [2.05, 4.69) is 14.8 Å². The summed E-state index contributed by atoms with van der Waals surface area (Å²) in [7, 11) is 1.35. The van der Waals surface area contributed by atoms with Crippen LogP contribution in [0.1, 0.15) is 26.0 Å². The van der Waals surface area contributed by atoms with Crippen LogP contribution in [0, 0.1) is 17.2 Å². The Bertz CT molecular complexity index is 896. The average molecular weight is 406 g/mol. The molecular weight excluding hydrogens is 380 g/mol. The molecular formula is C18H26N6O5. The summed E-state index contributed by atoms with van der Waals surface area (Å²) in [5, 5.41) is 33.0. The normalized spacial score (nSPS) is 25.6. The van der Waals surface area contributed by atoms with Crippen LogP contribution in [-0.2, 0) is 19.9 Å². The molecule has 1 fully saturated rings. The number of anilines is 1. The first-order chi connectivity index (χ1) is 13.7. The zero-order chi connectivity index (χ0) is 21.8. The largest absolute Gasteiger partial charge is 0.468 e. The van der Waals surface area contributed by atoms with Crippen molar-refractivity contribution in [3.05, 3.63) is 24.2 Å². The van der Waals surface area contributed by atoms with Crippen molar-refractivity contribution < 1.29 is 24.5 Å². The molecule has 29 heavy (non-hydrogen) atoms. The molecule has 11 nitrogen and oxygen atoms in total. The molecule has 0 aliphatic carbocycles. The van der Waals surface area contributed by atoms with E-state index in [0.29, 0.717) is 11.2 Å².